The second kappa shape index (κ2) is 11.6. The fraction of sp³-hybridized carbons (Fsp3) is 0.364. The zero-order valence-electron chi connectivity index (χ0n) is 17.5. The van der Waals surface area contributed by atoms with Crippen molar-refractivity contribution in [3.05, 3.63) is 59.7 Å². The predicted octanol–water partition coefficient (Wildman–Crippen LogP) is 2.58. The lowest BCUT2D eigenvalue weighted by atomic mass is 10.1. The zero-order chi connectivity index (χ0) is 21.1. The van der Waals surface area contributed by atoms with Crippen LogP contribution in [0, 0.1) is 0 Å². The molecule has 1 unspecified atom stereocenters. The van der Waals surface area contributed by atoms with Crippen molar-refractivity contribution >= 4 is 11.9 Å². The number of aliphatic imine (C=N–C) groups is 1. The van der Waals surface area contributed by atoms with Crippen molar-refractivity contribution in [2.75, 3.05) is 27.2 Å². The number of hydrogen-bond donors (Lipinski definition) is 3. The fourth-order valence-electron chi connectivity index (χ4n) is 2.63. The average Bonchev–Trinajstić information content (AvgIpc) is 2.75. The quantitative estimate of drug-likeness (QED) is 0.447. The molecule has 0 fully saturated rings. The third kappa shape index (κ3) is 7.03. The Balaban J connectivity index is 1.92. The minimum Gasteiger partial charge on any atom is -0.493 e. The summed E-state index contributed by atoms with van der Waals surface area (Å²) in [6, 6.07) is 15.0. The molecule has 0 aliphatic heterocycles. The minimum absolute atomic E-state index is 0.0815. The van der Waals surface area contributed by atoms with E-state index in [0.717, 1.165) is 12.1 Å². The normalized spacial score (nSPS) is 12.1. The molecule has 156 valence electrons. The van der Waals surface area contributed by atoms with Crippen LogP contribution in [0.5, 0.6) is 11.5 Å². The van der Waals surface area contributed by atoms with Crippen LogP contribution in [0.15, 0.2) is 53.5 Å². The van der Waals surface area contributed by atoms with E-state index in [1.807, 2.05) is 50.2 Å². The van der Waals surface area contributed by atoms with Crippen LogP contribution in [0.1, 0.15) is 29.8 Å². The van der Waals surface area contributed by atoms with Crippen LogP contribution in [-0.2, 0) is 6.54 Å². The largest absolute Gasteiger partial charge is 0.493 e. The smallest absolute Gasteiger partial charge is 0.251 e. The number of nitrogens with one attached hydrogen (secondary N) is 3. The van der Waals surface area contributed by atoms with Gasteiger partial charge >= 0.3 is 0 Å². The van der Waals surface area contributed by atoms with Gasteiger partial charge in [0.25, 0.3) is 5.91 Å². The average molecular weight is 399 g/mol. The van der Waals surface area contributed by atoms with E-state index < -0.39 is 0 Å². The van der Waals surface area contributed by atoms with Gasteiger partial charge < -0.3 is 25.4 Å². The minimum atomic E-state index is -0.0981. The first-order chi connectivity index (χ1) is 14.1. The van der Waals surface area contributed by atoms with Gasteiger partial charge in [0.2, 0.25) is 0 Å². The van der Waals surface area contributed by atoms with Crippen molar-refractivity contribution in [2.45, 2.75) is 26.5 Å². The van der Waals surface area contributed by atoms with Gasteiger partial charge in [-0.2, -0.15) is 0 Å². The molecule has 1 atom stereocenters. The highest BCUT2D eigenvalue weighted by Crippen LogP contribution is 2.26. The summed E-state index contributed by atoms with van der Waals surface area (Å²) in [4.78, 5) is 16.2. The van der Waals surface area contributed by atoms with Gasteiger partial charge in [-0.25, -0.2) is 4.99 Å². The molecule has 0 aliphatic rings. The van der Waals surface area contributed by atoms with Gasteiger partial charge in [-0.15, -0.1) is 0 Å². The summed E-state index contributed by atoms with van der Waals surface area (Å²) >= 11 is 0. The van der Waals surface area contributed by atoms with Gasteiger partial charge in [-0.1, -0.05) is 24.3 Å². The van der Waals surface area contributed by atoms with E-state index in [-0.39, 0.29) is 12.0 Å². The molecule has 2 aromatic carbocycles. The number of para-hydroxylation sites is 2. The maximum absolute atomic E-state index is 11.6. The molecular formula is C22H30N4O3. The molecule has 0 bridgehead atoms. The van der Waals surface area contributed by atoms with E-state index >= 15 is 0 Å². The maximum Gasteiger partial charge on any atom is 0.251 e. The van der Waals surface area contributed by atoms with E-state index in [9.17, 15) is 4.79 Å². The van der Waals surface area contributed by atoms with Crippen molar-refractivity contribution < 1.29 is 14.3 Å². The summed E-state index contributed by atoms with van der Waals surface area (Å²) in [5.41, 5.74) is 1.65. The molecule has 1 amide bonds. The van der Waals surface area contributed by atoms with Crippen LogP contribution < -0.4 is 25.4 Å². The Hall–Kier alpha value is -3.22. The second-order valence-corrected chi connectivity index (χ2v) is 6.43. The third-order valence-corrected chi connectivity index (χ3v) is 4.16. The third-order valence-electron chi connectivity index (χ3n) is 4.16. The Kier molecular flexibility index (Phi) is 8.82. The van der Waals surface area contributed by atoms with Crippen LogP contribution >= 0.6 is 0 Å². The highest BCUT2D eigenvalue weighted by atomic mass is 16.5. The van der Waals surface area contributed by atoms with E-state index in [1.54, 1.807) is 26.3 Å². The number of benzene rings is 2. The summed E-state index contributed by atoms with van der Waals surface area (Å²) in [7, 11) is 3.25. The van der Waals surface area contributed by atoms with Crippen molar-refractivity contribution in [3.63, 3.8) is 0 Å². The molecule has 2 aromatic rings. The van der Waals surface area contributed by atoms with Crippen LogP contribution in [0.3, 0.4) is 0 Å². The van der Waals surface area contributed by atoms with Gasteiger partial charge in [0, 0.05) is 19.2 Å². The highest BCUT2D eigenvalue weighted by molar-refractivity contribution is 5.93. The molecular weight excluding hydrogens is 368 g/mol. The summed E-state index contributed by atoms with van der Waals surface area (Å²) in [5, 5.41) is 9.14. The Labute approximate surface area is 172 Å². The number of hydrogen-bond acceptors (Lipinski definition) is 4. The number of carbonyl (C=O) groups excluding carboxylic acids is 1. The molecule has 0 aromatic heterocycles. The molecule has 0 radical (unpaired) electrons. The topological polar surface area (TPSA) is 84.0 Å². The number of carbonyl (C=O) groups is 1. The number of rotatable bonds is 9. The first-order valence-electron chi connectivity index (χ1n) is 9.70. The molecule has 29 heavy (non-hydrogen) atoms. The standard InChI is InChI=1S/C22H30N4O3/c1-5-24-22(26-15-17-10-12-18(13-11-17)21(27)23-3)25-14-16(2)29-20-9-7-6-8-19(20)28-4/h6-13,16H,5,14-15H2,1-4H3,(H,23,27)(H2,24,25,26). The molecule has 7 nitrogen and oxygen atoms in total. The molecule has 0 spiro atoms. The lowest BCUT2D eigenvalue weighted by Gasteiger charge is -2.19. The number of methoxy groups -OCH3 is 1. The lowest BCUT2D eigenvalue weighted by Crippen LogP contribution is -2.41. The maximum atomic E-state index is 11.6. The van der Waals surface area contributed by atoms with E-state index in [0.29, 0.717) is 36.1 Å². The van der Waals surface area contributed by atoms with Crippen LogP contribution in [-0.4, -0.2) is 45.2 Å². The highest BCUT2D eigenvalue weighted by Gasteiger charge is 2.09. The second-order valence-electron chi connectivity index (χ2n) is 6.43. The van der Waals surface area contributed by atoms with Crippen molar-refractivity contribution in [3.8, 4) is 11.5 Å². The Morgan fingerprint density at radius 2 is 1.76 bits per heavy atom. The summed E-state index contributed by atoms with van der Waals surface area (Å²) in [6.07, 6.45) is -0.0815. The van der Waals surface area contributed by atoms with Gasteiger partial charge in [-0.05, 0) is 43.7 Å². The van der Waals surface area contributed by atoms with Gasteiger partial charge in [0.15, 0.2) is 17.5 Å². The van der Waals surface area contributed by atoms with Crippen molar-refractivity contribution in [2.24, 2.45) is 4.99 Å². The summed E-state index contributed by atoms with van der Waals surface area (Å²) in [6.45, 7) is 5.85. The lowest BCUT2D eigenvalue weighted by molar-refractivity contribution is 0.0963. The van der Waals surface area contributed by atoms with Crippen LogP contribution in [0.4, 0.5) is 0 Å². The van der Waals surface area contributed by atoms with Crippen LogP contribution in [0.25, 0.3) is 0 Å². The molecule has 0 saturated carbocycles. The van der Waals surface area contributed by atoms with E-state index in [1.165, 1.54) is 0 Å². The van der Waals surface area contributed by atoms with Gasteiger partial charge in [0.1, 0.15) is 6.10 Å². The first kappa shape index (κ1) is 22.1. The number of guanidine groups is 1. The number of nitrogens with zero attached hydrogens (tertiary/aromatic N) is 1. The van der Waals surface area contributed by atoms with Crippen molar-refractivity contribution in [1.82, 2.24) is 16.0 Å². The summed E-state index contributed by atoms with van der Waals surface area (Å²) < 4.78 is 11.3. The number of ether oxygens (including phenoxy) is 2. The van der Waals surface area contributed by atoms with Crippen LogP contribution in [0.2, 0.25) is 0 Å². The van der Waals surface area contributed by atoms with E-state index in [2.05, 4.69) is 20.9 Å². The molecule has 3 N–H and O–H groups in total. The van der Waals surface area contributed by atoms with Gasteiger partial charge in [-0.3, -0.25) is 4.79 Å². The summed E-state index contributed by atoms with van der Waals surface area (Å²) in [5.74, 6) is 2.03. The Bertz CT molecular complexity index is 806. The van der Waals surface area contributed by atoms with E-state index in [4.69, 9.17) is 9.47 Å². The Morgan fingerprint density at radius 3 is 2.38 bits per heavy atom. The first-order valence-corrected chi connectivity index (χ1v) is 9.70. The molecule has 2 rings (SSSR count). The fourth-order valence-corrected chi connectivity index (χ4v) is 2.63. The zero-order valence-corrected chi connectivity index (χ0v) is 17.5. The molecule has 0 aliphatic carbocycles. The van der Waals surface area contributed by atoms with Gasteiger partial charge in [0.05, 0.1) is 20.2 Å². The number of amides is 1. The van der Waals surface area contributed by atoms with Crippen molar-refractivity contribution in [1.29, 1.82) is 0 Å². The monoisotopic (exact) mass is 398 g/mol. The SMILES string of the molecule is CCNC(=NCc1ccc(C(=O)NC)cc1)NCC(C)Oc1ccccc1OC. The Morgan fingerprint density at radius 1 is 1.07 bits per heavy atom. The molecule has 7 heteroatoms. The molecule has 0 saturated heterocycles. The predicted molar refractivity (Wildman–Crippen MR) is 116 cm³/mol. The molecule has 0 heterocycles.